The number of carbonyl (C=O) groups is 1. The fourth-order valence-electron chi connectivity index (χ4n) is 2.16. The lowest BCUT2D eigenvalue weighted by Gasteiger charge is -2.28. The minimum atomic E-state index is 0.0235. The smallest absolute Gasteiger partial charge is 0.317 e. The van der Waals surface area contributed by atoms with Crippen molar-refractivity contribution in [3.8, 4) is 0 Å². The lowest BCUT2D eigenvalue weighted by molar-refractivity contribution is 0.171. The van der Waals surface area contributed by atoms with Crippen molar-refractivity contribution in [2.45, 2.75) is 58.0 Å². The van der Waals surface area contributed by atoms with E-state index in [1.807, 2.05) is 13.8 Å². The van der Waals surface area contributed by atoms with Gasteiger partial charge in [0.1, 0.15) is 0 Å². The van der Waals surface area contributed by atoms with Crippen LogP contribution in [0.15, 0.2) is 0 Å². The van der Waals surface area contributed by atoms with E-state index in [2.05, 4.69) is 5.32 Å². The molecule has 0 saturated heterocycles. The minimum Gasteiger partial charge on any atom is -0.396 e. The summed E-state index contributed by atoms with van der Waals surface area (Å²) in [6.45, 7) is 4.78. The average molecular weight is 228 g/mol. The van der Waals surface area contributed by atoms with Crippen LogP contribution in [0.3, 0.4) is 0 Å². The second kappa shape index (κ2) is 6.74. The summed E-state index contributed by atoms with van der Waals surface area (Å²) in [7, 11) is 0. The number of aliphatic hydroxyl groups excluding tert-OH is 1. The van der Waals surface area contributed by atoms with E-state index in [4.69, 9.17) is 5.11 Å². The van der Waals surface area contributed by atoms with Crippen LogP contribution >= 0.6 is 0 Å². The highest BCUT2D eigenvalue weighted by Crippen LogP contribution is 2.18. The number of carbonyl (C=O) groups excluding carboxylic acids is 1. The van der Waals surface area contributed by atoms with Gasteiger partial charge in [-0.05, 0) is 33.1 Å². The monoisotopic (exact) mass is 228 g/mol. The van der Waals surface area contributed by atoms with Gasteiger partial charge in [-0.1, -0.05) is 12.8 Å². The molecule has 0 aromatic heterocycles. The predicted octanol–water partition coefficient (Wildman–Crippen LogP) is 1.73. The van der Waals surface area contributed by atoms with Crippen molar-refractivity contribution in [2.75, 3.05) is 13.2 Å². The normalized spacial score (nSPS) is 16.8. The first kappa shape index (κ1) is 13.3. The first-order valence-corrected chi connectivity index (χ1v) is 6.33. The maximum atomic E-state index is 12.0. The molecule has 4 nitrogen and oxygen atoms in total. The summed E-state index contributed by atoms with van der Waals surface area (Å²) in [5, 5.41) is 11.9. The van der Waals surface area contributed by atoms with Gasteiger partial charge in [-0.3, -0.25) is 0 Å². The van der Waals surface area contributed by atoms with E-state index in [0.29, 0.717) is 19.0 Å². The summed E-state index contributed by atoms with van der Waals surface area (Å²) in [6, 6.07) is 0.575. The second-order valence-corrected chi connectivity index (χ2v) is 4.80. The van der Waals surface area contributed by atoms with E-state index in [9.17, 15) is 4.79 Å². The molecule has 0 aromatic carbocycles. The van der Waals surface area contributed by atoms with Gasteiger partial charge in [-0.15, -0.1) is 0 Å². The molecular formula is C12H24N2O2. The Kier molecular flexibility index (Phi) is 5.60. The summed E-state index contributed by atoms with van der Waals surface area (Å²) in [6.07, 6.45) is 5.32. The number of nitrogens with one attached hydrogen (secondary N) is 1. The molecule has 2 N–H and O–H groups in total. The Balaban J connectivity index is 2.39. The van der Waals surface area contributed by atoms with Crippen LogP contribution in [-0.4, -0.2) is 41.3 Å². The van der Waals surface area contributed by atoms with Gasteiger partial charge < -0.3 is 15.3 Å². The maximum Gasteiger partial charge on any atom is 0.317 e. The number of nitrogens with zero attached hydrogens (tertiary/aromatic N) is 1. The summed E-state index contributed by atoms with van der Waals surface area (Å²) in [5.41, 5.74) is 0. The number of urea groups is 1. The molecule has 2 amide bonds. The van der Waals surface area contributed by atoms with Crippen molar-refractivity contribution in [3.05, 3.63) is 0 Å². The zero-order valence-corrected chi connectivity index (χ0v) is 10.4. The first-order valence-electron chi connectivity index (χ1n) is 6.33. The van der Waals surface area contributed by atoms with Gasteiger partial charge in [0.25, 0.3) is 0 Å². The van der Waals surface area contributed by atoms with E-state index in [1.54, 1.807) is 4.90 Å². The van der Waals surface area contributed by atoms with Gasteiger partial charge >= 0.3 is 6.03 Å². The third kappa shape index (κ3) is 4.00. The van der Waals surface area contributed by atoms with Crippen molar-refractivity contribution in [1.29, 1.82) is 0 Å². The molecule has 0 bridgehead atoms. The Hall–Kier alpha value is -0.770. The average Bonchev–Trinajstić information content (AvgIpc) is 2.70. The largest absolute Gasteiger partial charge is 0.396 e. The standard InChI is InChI=1S/C12H24N2O2/c1-10(2)14(8-5-9-15)12(16)13-11-6-3-4-7-11/h10-11,15H,3-9H2,1-2H3,(H,13,16). The molecule has 0 heterocycles. The molecule has 1 fully saturated rings. The summed E-state index contributed by atoms with van der Waals surface area (Å²) < 4.78 is 0. The maximum absolute atomic E-state index is 12.0. The molecule has 1 saturated carbocycles. The molecular weight excluding hydrogens is 204 g/mol. The Labute approximate surface area is 98.0 Å². The topological polar surface area (TPSA) is 52.6 Å². The molecule has 1 aliphatic carbocycles. The van der Waals surface area contributed by atoms with Gasteiger partial charge in [0, 0.05) is 25.2 Å². The number of rotatable bonds is 5. The van der Waals surface area contributed by atoms with Crippen LogP contribution in [-0.2, 0) is 0 Å². The highest BCUT2D eigenvalue weighted by molar-refractivity contribution is 5.74. The van der Waals surface area contributed by atoms with E-state index < -0.39 is 0 Å². The van der Waals surface area contributed by atoms with E-state index in [0.717, 1.165) is 12.8 Å². The predicted molar refractivity (Wildman–Crippen MR) is 64.3 cm³/mol. The second-order valence-electron chi connectivity index (χ2n) is 4.80. The first-order chi connectivity index (χ1) is 7.65. The summed E-state index contributed by atoms with van der Waals surface area (Å²) in [4.78, 5) is 13.8. The zero-order valence-electron chi connectivity index (χ0n) is 10.4. The fourth-order valence-corrected chi connectivity index (χ4v) is 2.16. The molecule has 16 heavy (non-hydrogen) atoms. The van der Waals surface area contributed by atoms with Gasteiger partial charge in [0.05, 0.1) is 0 Å². The van der Waals surface area contributed by atoms with Crippen LogP contribution in [0.2, 0.25) is 0 Å². The molecule has 0 atom stereocenters. The summed E-state index contributed by atoms with van der Waals surface area (Å²) in [5.74, 6) is 0. The van der Waals surface area contributed by atoms with Gasteiger partial charge in [-0.25, -0.2) is 4.79 Å². The highest BCUT2D eigenvalue weighted by atomic mass is 16.3. The highest BCUT2D eigenvalue weighted by Gasteiger charge is 2.21. The van der Waals surface area contributed by atoms with Crippen LogP contribution in [0.5, 0.6) is 0 Å². The van der Waals surface area contributed by atoms with Crippen molar-refractivity contribution in [1.82, 2.24) is 10.2 Å². The Morgan fingerprint density at radius 3 is 2.56 bits per heavy atom. The Morgan fingerprint density at radius 2 is 2.06 bits per heavy atom. The molecule has 0 aliphatic heterocycles. The van der Waals surface area contributed by atoms with E-state index in [1.165, 1.54) is 12.8 Å². The molecule has 1 aliphatic rings. The molecule has 1 rings (SSSR count). The molecule has 0 aromatic rings. The quantitative estimate of drug-likeness (QED) is 0.753. The SMILES string of the molecule is CC(C)N(CCCO)C(=O)NC1CCCC1. The third-order valence-electron chi connectivity index (χ3n) is 3.12. The van der Waals surface area contributed by atoms with Crippen molar-refractivity contribution >= 4 is 6.03 Å². The van der Waals surface area contributed by atoms with E-state index in [-0.39, 0.29) is 18.7 Å². The van der Waals surface area contributed by atoms with Gasteiger partial charge in [0.15, 0.2) is 0 Å². The van der Waals surface area contributed by atoms with Gasteiger partial charge in [0.2, 0.25) is 0 Å². The molecule has 0 radical (unpaired) electrons. The van der Waals surface area contributed by atoms with Crippen molar-refractivity contribution < 1.29 is 9.90 Å². The van der Waals surface area contributed by atoms with Crippen LogP contribution in [0.1, 0.15) is 46.0 Å². The summed E-state index contributed by atoms with van der Waals surface area (Å²) >= 11 is 0. The van der Waals surface area contributed by atoms with E-state index >= 15 is 0 Å². The van der Waals surface area contributed by atoms with Crippen molar-refractivity contribution in [3.63, 3.8) is 0 Å². The third-order valence-corrected chi connectivity index (χ3v) is 3.12. The lowest BCUT2D eigenvalue weighted by atomic mass is 10.2. The van der Waals surface area contributed by atoms with Crippen LogP contribution in [0.25, 0.3) is 0 Å². The number of hydrogen-bond acceptors (Lipinski definition) is 2. The molecule has 0 spiro atoms. The fraction of sp³-hybridized carbons (Fsp3) is 0.917. The molecule has 0 unspecified atom stereocenters. The van der Waals surface area contributed by atoms with Crippen molar-refractivity contribution in [2.24, 2.45) is 0 Å². The van der Waals surface area contributed by atoms with Crippen LogP contribution < -0.4 is 5.32 Å². The Morgan fingerprint density at radius 1 is 1.44 bits per heavy atom. The molecule has 94 valence electrons. The molecule has 4 heteroatoms. The van der Waals surface area contributed by atoms with Gasteiger partial charge in [-0.2, -0.15) is 0 Å². The van der Waals surface area contributed by atoms with Crippen LogP contribution in [0, 0.1) is 0 Å². The Bertz CT molecular complexity index is 213. The number of amides is 2. The minimum absolute atomic E-state index is 0.0235. The number of hydrogen-bond donors (Lipinski definition) is 2. The number of aliphatic hydroxyl groups is 1. The lowest BCUT2D eigenvalue weighted by Crippen LogP contribution is -2.47. The zero-order chi connectivity index (χ0) is 12.0. The van der Waals surface area contributed by atoms with Crippen LogP contribution in [0.4, 0.5) is 4.79 Å².